The van der Waals surface area contributed by atoms with Crippen LogP contribution in [-0.2, 0) is 17.7 Å². The molecule has 5 rings (SSSR count). The number of para-hydroxylation sites is 1. The first-order valence-corrected chi connectivity index (χ1v) is 12.5. The van der Waals surface area contributed by atoms with Crippen LogP contribution in [-0.4, -0.2) is 49.8 Å². The first-order valence-electron chi connectivity index (χ1n) is 10.9. The van der Waals surface area contributed by atoms with Crippen molar-refractivity contribution in [3.63, 3.8) is 0 Å². The summed E-state index contributed by atoms with van der Waals surface area (Å²) in [5, 5.41) is 4.63. The van der Waals surface area contributed by atoms with Gasteiger partial charge in [-0.3, -0.25) is 4.79 Å². The van der Waals surface area contributed by atoms with Crippen molar-refractivity contribution < 1.29 is 23.8 Å². The molecule has 2 amide bonds. The minimum atomic E-state index is -0.361. The summed E-state index contributed by atoms with van der Waals surface area (Å²) in [6.07, 6.45) is 0.286. The van der Waals surface area contributed by atoms with E-state index in [9.17, 15) is 9.59 Å². The molecule has 180 valence electrons. The summed E-state index contributed by atoms with van der Waals surface area (Å²) >= 11 is 3.05. The monoisotopic (exact) mass is 509 g/mol. The van der Waals surface area contributed by atoms with Crippen molar-refractivity contribution in [2.45, 2.75) is 13.0 Å². The smallest absolute Gasteiger partial charge is 0.409 e. The van der Waals surface area contributed by atoms with Crippen molar-refractivity contribution in [3.8, 4) is 22.1 Å². The van der Waals surface area contributed by atoms with Gasteiger partial charge in [-0.15, -0.1) is 22.7 Å². The Morgan fingerprint density at radius 2 is 1.77 bits per heavy atom. The summed E-state index contributed by atoms with van der Waals surface area (Å²) in [6, 6.07) is 13.0. The molecule has 0 unspecified atom stereocenters. The number of ether oxygens (including phenoxy) is 3. The van der Waals surface area contributed by atoms with E-state index in [0.29, 0.717) is 41.6 Å². The molecule has 2 aromatic carbocycles. The quantitative estimate of drug-likeness (QED) is 0.386. The number of thiazole rings is 1. The fourth-order valence-corrected chi connectivity index (χ4v) is 6.46. The van der Waals surface area contributed by atoms with E-state index in [1.807, 2.05) is 24.3 Å². The molecule has 0 radical (unpaired) electrons. The highest BCUT2D eigenvalue weighted by Crippen LogP contribution is 2.46. The zero-order valence-electron chi connectivity index (χ0n) is 19.4. The Morgan fingerprint density at radius 3 is 2.46 bits per heavy atom. The molecule has 3 heterocycles. The number of aromatic nitrogens is 1. The number of fused-ring (bicyclic) bond motifs is 2. The van der Waals surface area contributed by atoms with Crippen LogP contribution in [0.3, 0.4) is 0 Å². The summed E-state index contributed by atoms with van der Waals surface area (Å²) < 4.78 is 16.6. The number of carbonyl (C=O) groups excluding carboxylic acids is 2. The number of thiophene rings is 1. The van der Waals surface area contributed by atoms with Gasteiger partial charge in [0.1, 0.15) is 21.5 Å². The maximum atomic E-state index is 13.3. The normalized spacial score (nSPS) is 12.8. The highest BCUT2D eigenvalue weighted by molar-refractivity contribution is 7.23. The maximum absolute atomic E-state index is 13.3. The van der Waals surface area contributed by atoms with Gasteiger partial charge in [0, 0.05) is 28.6 Å². The van der Waals surface area contributed by atoms with Crippen molar-refractivity contribution in [2.24, 2.45) is 0 Å². The molecule has 1 aliphatic rings. The van der Waals surface area contributed by atoms with Gasteiger partial charge >= 0.3 is 6.09 Å². The summed E-state index contributed by atoms with van der Waals surface area (Å²) in [5.41, 5.74) is 3.35. The molecule has 8 nitrogen and oxygen atoms in total. The zero-order valence-corrected chi connectivity index (χ0v) is 21.0. The second-order valence-electron chi connectivity index (χ2n) is 7.89. The fourth-order valence-electron chi connectivity index (χ4n) is 4.10. The van der Waals surface area contributed by atoms with E-state index >= 15 is 0 Å². The molecule has 1 aliphatic heterocycles. The van der Waals surface area contributed by atoms with E-state index in [-0.39, 0.29) is 12.0 Å². The Bertz CT molecular complexity index is 1370. The van der Waals surface area contributed by atoms with Crippen LogP contribution in [0.2, 0.25) is 0 Å². The van der Waals surface area contributed by atoms with Crippen molar-refractivity contribution in [2.75, 3.05) is 33.2 Å². The van der Waals surface area contributed by atoms with Crippen molar-refractivity contribution in [1.29, 1.82) is 0 Å². The Balaban J connectivity index is 1.57. The number of nitrogens with one attached hydrogen (secondary N) is 1. The number of nitrogens with zero attached hydrogens (tertiary/aromatic N) is 2. The van der Waals surface area contributed by atoms with E-state index in [1.165, 1.54) is 18.4 Å². The third-order valence-corrected chi connectivity index (χ3v) is 8.02. The van der Waals surface area contributed by atoms with Crippen LogP contribution in [0.1, 0.15) is 20.8 Å². The number of hydrogen-bond donors (Lipinski definition) is 1. The number of benzene rings is 2. The topological polar surface area (TPSA) is 90.0 Å². The number of carbonyl (C=O) groups is 2. The van der Waals surface area contributed by atoms with E-state index in [1.54, 1.807) is 48.7 Å². The van der Waals surface area contributed by atoms with Crippen LogP contribution in [0.15, 0.2) is 42.5 Å². The average molecular weight is 510 g/mol. The van der Waals surface area contributed by atoms with Gasteiger partial charge in [0.25, 0.3) is 5.91 Å². The lowest BCUT2D eigenvalue weighted by Crippen LogP contribution is -2.35. The number of methoxy groups -OCH3 is 3. The lowest BCUT2D eigenvalue weighted by atomic mass is 10.0. The molecule has 4 aromatic rings. The average Bonchev–Trinajstić information content (AvgIpc) is 3.47. The molecule has 0 atom stereocenters. The molecule has 0 bridgehead atoms. The largest absolute Gasteiger partial charge is 0.497 e. The highest BCUT2D eigenvalue weighted by Gasteiger charge is 2.30. The zero-order chi connectivity index (χ0) is 24.5. The maximum Gasteiger partial charge on any atom is 0.409 e. The molecule has 0 spiro atoms. The second-order valence-corrected chi connectivity index (χ2v) is 10.0. The second kappa shape index (κ2) is 9.55. The van der Waals surface area contributed by atoms with Gasteiger partial charge in [-0.1, -0.05) is 12.1 Å². The van der Waals surface area contributed by atoms with Gasteiger partial charge in [0.05, 0.1) is 38.1 Å². The standard InChI is InChI=1S/C25H23N3O5S2/c1-31-15-10-14(11-16(12-15)32-2)22(29)27-24-21(23-26-18-6-4-5-7-19(18)34-23)17-8-9-28(25(30)33-3)13-20(17)35-24/h4-7,10-12H,8-9,13H2,1-3H3,(H,27,29). The minimum absolute atomic E-state index is 0.284. The number of hydrogen-bond acceptors (Lipinski definition) is 8. The summed E-state index contributed by atoms with van der Waals surface area (Å²) in [6.45, 7) is 0.961. The first-order chi connectivity index (χ1) is 17.0. The summed E-state index contributed by atoms with van der Waals surface area (Å²) in [7, 11) is 4.47. The summed E-state index contributed by atoms with van der Waals surface area (Å²) in [4.78, 5) is 33.0. The Kier molecular flexibility index (Phi) is 6.31. The third kappa shape index (κ3) is 4.42. The van der Waals surface area contributed by atoms with Gasteiger partial charge < -0.3 is 24.4 Å². The van der Waals surface area contributed by atoms with Crippen LogP contribution in [0, 0.1) is 0 Å². The van der Waals surface area contributed by atoms with Crippen molar-refractivity contribution >= 4 is 49.9 Å². The van der Waals surface area contributed by atoms with Gasteiger partial charge in [-0.2, -0.15) is 0 Å². The molecule has 2 aromatic heterocycles. The van der Waals surface area contributed by atoms with Gasteiger partial charge in [-0.25, -0.2) is 9.78 Å². The third-order valence-electron chi connectivity index (χ3n) is 5.84. The molecule has 35 heavy (non-hydrogen) atoms. The lowest BCUT2D eigenvalue weighted by molar-refractivity contribution is 0.102. The highest BCUT2D eigenvalue weighted by atomic mass is 32.1. The molecule has 10 heteroatoms. The molecule has 1 N–H and O–H groups in total. The lowest BCUT2D eigenvalue weighted by Gasteiger charge is -2.25. The van der Waals surface area contributed by atoms with Crippen LogP contribution >= 0.6 is 22.7 Å². The van der Waals surface area contributed by atoms with Crippen LogP contribution < -0.4 is 14.8 Å². The molecule has 0 aliphatic carbocycles. The van der Waals surface area contributed by atoms with E-state index in [4.69, 9.17) is 19.2 Å². The first kappa shape index (κ1) is 23.1. The molecular weight excluding hydrogens is 486 g/mol. The summed E-state index contributed by atoms with van der Waals surface area (Å²) in [5.74, 6) is 0.771. The Labute approximate surface area is 210 Å². The van der Waals surface area contributed by atoms with Gasteiger partial charge in [-0.05, 0) is 36.2 Å². The van der Waals surface area contributed by atoms with Crippen LogP contribution in [0.5, 0.6) is 11.5 Å². The van der Waals surface area contributed by atoms with Crippen LogP contribution in [0.4, 0.5) is 9.80 Å². The molecule has 0 saturated carbocycles. The van der Waals surface area contributed by atoms with E-state index < -0.39 is 0 Å². The Hall–Kier alpha value is -3.63. The van der Waals surface area contributed by atoms with E-state index in [2.05, 4.69) is 5.32 Å². The number of anilines is 1. The van der Waals surface area contributed by atoms with E-state index in [0.717, 1.165) is 31.2 Å². The van der Waals surface area contributed by atoms with Gasteiger partial charge in [0.15, 0.2) is 0 Å². The molecular formula is C25H23N3O5S2. The van der Waals surface area contributed by atoms with Crippen molar-refractivity contribution in [3.05, 3.63) is 58.5 Å². The predicted molar refractivity (Wildman–Crippen MR) is 137 cm³/mol. The SMILES string of the molecule is COC(=O)N1CCc2c(sc(NC(=O)c3cc(OC)cc(OC)c3)c2-c2nc3ccccc3s2)C1. The number of amides is 2. The van der Waals surface area contributed by atoms with Crippen molar-refractivity contribution in [1.82, 2.24) is 9.88 Å². The molecule has 0 saturated heterocycles. The van der Waals surface area contributed by atoms with Gasteiger partial charge in [0.2, 0.25) is 0 Å². The molecule has 0 fully saturated rings. The predicted octanol–water partition coefficient (Wildman–Crippen LogP) is 5.42. The number of rotatable bonds is 5. The minimum Gasteiger partial charge on any atom is -0.497 e. The van der Waals surface area contributed by atoms with Crippen LogP contribution in [0.25, 0.3) is 20.8 Å². The Morgan fingerprint density at radius 1 is 1.03 bits per heavy atom. The fraction of sp³-hybridized carbons (Fsp3) is 0.240.